The number of rotatable bonds is 2. The van der Waals surface area contributed by atoms with Crippen molar-refractivity contribution in [2.75, 3.05) is 6.54 Å². The molecule has 0 amide bonds. The number of benzene rings is 1. The van der Waals surface area contributed by atoms with Gasteiger partial charge in [0.2, 0.25) is 0 Å². The highest BCUT2D eigenvalue weighted by Gasteiger charge is 1.91. The molecule has 0 aliphatic heterocycles. The molecule has 0 aliphatic rings. The summed E-state index contributed by atoms with van der Waals surface area (Å²) in [6, 6.07) is 10.2. The monoisotopic (exact) mass is 147 g/mol. The van der Waals surface area contributed by atoms with Gasteiger partial charge in [0.1, 0.15) is 0 Å². The van der Waals surface area contributed by atoms with E-state index >= 15 is 0 Å². The molecule has 0 heterocycles. The quantitative estimate of drug-likeness (QED) is 0.570. The Morgan fingerprint density at radius 3 is 2.45 bits per heavy atom. The summed E-state index contributed by atoms with van der Waals surface area (Å²) in [7, 11) is 0. The minimum Gasteiger partial charge on any atom is -0.290 e. The highest BCUT2D eigenvalue weighted by Crippen LogP contribution is 1.99. The molecule has 0 bridgehead atoms. The molecular formula is C10H13N. The molecule has 0 aromatic heterocycles. The Kier molecular flexibility index (Phi) is 2.84. The van der Waals surface area contributed by atoms with Gasteiger partial charge in [-0.25, -0.2) is 0 Å². The molecule has 0 unspecified atom stereocenters. The van der Waals surface area contributed by atoms with Gasteiger partial charge in [-0.2, -0.15) is 0 Å². The molecule has 58 valence electrons. The van der Waals surface area contributed by atoms with E-state index in [1.54, 1.807) is 0 Å². The van der Waals surface area contributed by atoms with Crippen molar-refractivity contribution in [3.05, 3.63) is 35.9 Å². The maximum atomic E-state index is 4.31. The predicted octanol–water partition coefficient (Wildman–Crippen LogP) is 2.52. The third-order valence-corrected chi connectivity index (χ3v) is 1.59. The van der Waals surface area contributed by atoms with Crippen molar-refractivity contribution < 1.29 is 0 Å². The minimum absolute atomic E-state index is 0.862. The first-order valence-corrected chi connectivity index (χ1v) is 3.91. The number of hydrogen-bond donors (Lipinski definition) is 0. The van der Waals surface area contributed by atoms with Crippen LogP contribution in [0.3, 0.4) is 0 Å². The van der Waals surface area contributed by atoms with Crippen LogP contribution in [0.5, 0.6) is 0 Å². The molecule has 0 atom stereocenters. The molecule has 0 saturated heterocycles. The van der Waals surface area contributed by atoms with Gasteiger partial charge in [-0.05, 0) is 19.4 Å². The van der Waals surface area contributed by atoms with E-state index in [0.29, 0.717) is 0 Å². The number of hydrogen-bond acceptors (Lipinski definition) is 1. The van der Waals surface area contributed by atoms with Crippen LogP contribution in [0, 0.1) is 0 Å². The van der Waals surface area contributed by atoms with Crippen molar-refractivity contribution in [3.8, 4) is 0 Å². The first-order chi connectivity index (χ1) is 5.34. The van der Waals surface area contributed by atoms with Crippen LogP contribution >= 0.6 is 0 Å². The maximum Gasteiger partial charge on any atom is 0.0389 e. The van der Waals surface area contributed by atoms with Gasteiger partial charge in [0.05, 0.1) is 0 Å². The molecule has 0 N–H and O–H groups in total. The third-order valence-electron chi connectivity index (χ3n) is 1.59. The van der Waals surface area contributed by atoms with Gasteiger partial charge in [-0.1, -0.05) is 30.3 Å². The van der Waals surface area contributed by atoms with Crippen LogP contribution in [0.2, 0.25) is 0 Å². The Balaban J connectivity index is 2.85. The number of aliphatic imine (C=N–C) groups is 1. The first kappa shape index (κ1) is 7.99. The van der Waals surface area contributed by atoms with Crippen molar-refractivity contribution in [1.82, 2.24) is 0 Å². The van der Waals surface area contributed by atoms with E-state index < -0.39 is 0 Å². The lowest BCUT2D eigenvalue weighted by Crippen LogP contribution is -1.93. The zero-order valence-corrected chi connectivity index (χ0v) is 7.04. The van der Waals surface area contributed by atoms with E-state index in [1.165, 1.54) is 5.56 Å². The van der Waals surface area contributed by atoms with Gasteiger partial charge in [0, 0.05) is 12.3 Å². The minimum atomic E-state index is 0.862. The molecule has 0 fully saturated rings. The van der Waals surface area contributed by atoms with E-state index in [-0.39, 0.29) is 0 Å². The van der Waals surface area contributed by atoms with Crippen LogP contribution in [0.15, 0.2) is 35.3 Å². The fourth-order valence-corrected chi connectivity index (χ4v) is 1.01. The van der Waals surface area contributed by atoms with Crippen molar-refractivity contribution in [3.63, 3.8) is 0 Å². The highest BCUT2D eigenvalue weighted by atomic mass is 14.7. The summed E-state index contributed by atoms with van der Waals surface area (Å²) in [6.45, 7) is 4.95. The summed E-state index contributed by atoms with van der Waals surface area (Å²) in [5.74, 6) is 0. The first-order valence-electron chi connectivity index (χ1n) is 3.91. The maximum absolute atomic E-state index is 4.31. The summed E-state index contributed by atoms with van der Waals surface area (Å²) < 4.78 is 0. The average Bonchev–Trinajstić information content (AvgIpc) is 2.07. The van der Waals surface area contributed by atoms with Gasteiger partial charge in [-0.3, -0.25) is 4.99 Å². The van der Waals surface area contributed by atoms with Crippen LogP contribution in [0.25, 0.3) is 0 Å². The highest BCUT2D eigenvalue weighted by molar-refractivity contribution is 5.98. The largest absolute Gasteiger partial charge is 0.290 e. The van der Waals surface area contributed by atoms with Gasteiger partial charge in [-0.15, -0.1) is 0 Å². The van der Waals surface area contributed by atoms with Crippen LogP contribution in [-0.2, 0) is 0 Å². The summed E-state index contributed by atoms with van der Waals surface area (Å²) >= 11 is 0. The molecule has 1 aromatic carbocycles. The fourth-order valence-electron chi connectivity index (χ4n) is 1.01. The van der Waals surface area contributed by atoms with E-state index in [4.69, 9.17) is 0 Å². The second-order valence-corrected chi connectivity index (χ2v) is 2.43. The molecule has 0 radical (unpaired) electrons. The Bertz CT molecular complexity index is 236. The van der Waals surface area contributed by atoms with E-state index in [0.717, 1.165) is 12.3 Å². The molecule has 11 heavy (non-hydrogen) atoms. The predicted molar refractivity (Wildman–Crippen MR) is 49.2 cm³/mol. The summed E-state index contributed by atoms with van der Waals surface area (Å²) in [6.07, 6.45) is 0. The van der Waals surface area contributed by atoms with Crippen LogP contribution < -0.4 is 0 Å². The molecule has 1 heteroatoms. The Morgan fingerprint density at radius 2 is 1.91 bits per heavy atom. The van der Waals surface area contributed by atoms with Gasteiger partial charge >= 0.3 is 0 Å². The normalized spacial score (nSPS) is 11.6. The Hall–Kier alpha value is -1.11. The summed E-state index contributed by atoms with van der Waals surface area (Å²) in [4.78, 5) is 4.31. The van der Waals surface area contributed by atoms with Crippen molar-refractivity contribution in [1.29, 1.82) is 0 Å². The molecule has 0 aliphatic carbocycles. The lowest BCUT2D eigenvalue weighted by Gasteiger charge is -1.97. The van der Waals surface area contributed by atoms with Crippen molar-refractivity contribution >= 4 is 5.71 Å². The van der Waals surface area contributed by atoms with Crippen LogP contribution in [0.4, 0.5) is 0 Å². The van der Waals surface area contributed by atoms with E-state index in [1.807, 2.05) is 32.0 Å². The molecule has 0 spiro atoms. The zero-order valence-electron chi connectivity index (χ0n) is 7.04. The topological polar surface area (TPSA) is 12.4 Å². The van der Waals surface area contributed by atoms with Crippen molar-refractivity contribution in [2.45, 2.75) is 13.8 Å². The zero-order chi connectivity index (χ0) is 8.10. The van der Waals surface area contributed by atoms with Crippen LogP contribution in [0.1, 0.15) is 19.4 Å². The summed E-state index contributed by atoms with van der Waals surface area (Å²) in [5, 5.41) is 0. The Morgan fingerprint density at radius 1 is 1.27 bits per heavy atom. The lowest BCUT2D eigenvalue weighted by molar-refractivity contribution is 1.13. The van der Waals surface area contributed by atoms with Gasteiger partial charge in [0.15, 0.2) is 0 Å². The number of nitrogens with zero attached hydrogens (tertiary/aromatic N) is 1. The molecule has 1 nitrogen and oxygen atoms in total. The molecule has 1 rings (SSSR count). The standard InChI is InChI=1S/C10H13N/c1-3-11-9(2)10-7-5-4-6-8-10/h4-8H,3H2,1-2H3. The summed E-state index contributed by atoms with van der Waals surface area (Å²) in [5.41, 5.74) is 2.34. The molecule has 1 aromatic rings. The second-order valence-electron chi connectivity index (χ2n) is 2.43. The van der Waals surface area contributed by atoms with E-state index in [9.17, 15) is 0 Å². The van der Waals surface area contributed by atoms with E-state index in [2.05, 4.69) is 17.1 Å². The van der Waals surface area contributed by atoms with Gasteiger partial charge in [0.25, 0.3) is 0 Å². The Labute approximate surface area is 67.8 Å². The average molecular weight is 147 g/mol. The molecular weight excluding hydrogens is 134 g/mol. The van der Waals surface area contributed by atoms with Crippen molar-refractivity contribution in [2.24, 2.45) is 4.99 Å². The smallest absolute Gasteiger partial charge is 0.0389 e. The molecule has 0 saturated carbocycles. The van der Waals surface area contributed by atoms with Crippen LogP contribution in [-0.4, -0.2) is 12.3 Å². The lowest BCUT2D eigenvalue weighted by atomic mass is 10.1. The fraction of sp³-hybridized carbons (Fsp3) is 0.300. The SMILES string of the molecule is CCN=C(C)c1ccccc1. The van der Waals surface area contributed by atoms with Gasteiger partial charge < -0.3 is 0 Å². The second kappa shape index (κ2) is 3.91. The third kappa shape index (κ3) is 2.19.